The first-order valence-electron chi connectivity index (χ1n) is 9.43. The molecule has 0 aromatic heterocycles. The summed E-state index contributed by atoms with van der Waals surface area (Å²) in [6.45, 7) is 5.73. The number of carboxylic acid groups (broad SMARTS) is 1. The smallest absolute Gasteiger partial charge is 0.306 e. The van der Waals surface area contributed by atoms with Gasteiger partial charge in [-0.15, -0.1) is 0 Å². The largest absolute Gasteiger partial charge is 0.507 e. The van der Waals surface area contributed by atoms with E-state index in [9.17, 15) is 24.9 Å². The fourth-order valence-electron chi connectivity index (χ4n) is 2.84. The summed E-state index contributed by atoms with van der Waals surface area (Å²) in [6, 6.07) is 1.25. The zero-order chi connectivity index (χ0) is 21.3. The number of carboxylic acids is 1. The molecule has 1 aromatic carbocycles. The predicted molar refractivity (Wildman–Crippen MR) is 108 cm³/mol. The summed E-state index contributed by atoms with van der Waals surface area (Å²) < 4.78 is 0. The van der Waals surface area contributed by atoms with E-state index in [1.165, 1.54) is 11.6 Å². The number of aldehydes is 1. The van der Waals surface area contributed by atoms with Crippen LogP contribution in [0.25, 0.3) is 0 Å². The molecule has 4 N–H and O–H groups in total. The van der Waals surface area contributed by atoms with Crippen LogP contribution in [0.15, 0.2) is 29.4 Å². The van der Waals surface area contributed by atoms with Gasteiger partial charge < -0.3 is 20.4 Å². The van der Waals surface area contributed by atoms with Crippen molar-refractivity contribution in [2.75, 3.05) is 0 Å². The molecular weight excluding hydrogens is 360 g/mol. The number of aromatic hydroxyl groups is 3. The van der Waals surface area contributed by atoms with Crippen LogP contribution in [0.2, 0.25) is 0 Å². The number of hydrogen-bond donors (Lipinski definition) is 4. The SMILES string of the molecule is CC(=CCc1cc(O)c(O)c(C=O)c1O)CCC=C(C)CCC[C@H](C)C(=O)O. The van der Waals surface area contributed by atoms with Crippen LogP contribution in [-0.4, -0.2) is 32.7 Å². The Bertz CT molecular complexity index is 761. The molecule has 0 saturated carbocycles. The molecular formula is C22H30O6. The second kappa shape index (κ2) is 11.2. The van der Waals surface area contributed by atoms with Gasteiger partial charge in [0.1, 0.15) is 11.3 Å². The number of phenols is 3. The maximum atomic E-state index is 11.0. The molecule has 0 heterocycles. The third-order valence-electron chi connectivity index (χ3n) is 4.82. The highest BCUT2D eigenvalue weighted by atomic mass is 16.4. The molecule has 1 rings (SSSR count). The summed E-state index contributed by atoms with van der Waals surface area (Å²) >= 11 is 0. The molecule has 0 aliphatic rings. The quantitative estimate of drug-likeness (QED) is 0.188. The van der Waals surface area contributed by atoms with Crippen LogP contribution in [0.1, 0.15) is 68.8 Å². The molecule has 0 bridgehead atoms. The Labute approximate surface area is 165 Å². The van der Waals surface area contributed by atoms with E-state index < -0.39 is 17.5 Å². The van der Waals surface area contributed by atoms with Gasteiger partial charge in [-0.05, 0) is 58.4 Å². The minimum atomic E-state index is -0.754. The fourth-order valence-corrected chi connectivity index (χ4v) is 2.84. The molecule has 0 amide bonds. The number of phenolic OH excluding ortho intramolecular Hbond substituents is 3. The molecule has 0 aliphatic carbocycles. The molecule has 0 spiro atoms. The Morgan fingerprint density at radius 1 is 1.07 bits per heavy atom. The van der Waals surface area contributed by atoms with E-state index in [-0.39, 0.29) is 17.2 Å². The van der Waals surface area contributed by atoms with Gasteiger partial charge in [0.05, 0.1) is 5.92 Å². The average molecular weight is 390 g/mol. The van der Waals surface area contributed by atoms with E-state index in [2.05, 4.69) is 6.08 Å². The number of carbonyl (C=O) groups is 2. The molecule has 1 atom stereocenters. The second-order valence-electron chi connectivity index (χ2n) is 7.26. The highest BCUT2D eigenvalue weighted by Gasteiger charge is 2.15. The predicted octanol–water partition coefficient (Wildman–Crippen LogP) is 4.72. The standard InChI is InChI=1S/C22H30O6/c1-14(8-5-9-16(3)22(27)28)6-4-7-15(2)10-11-17-12-19(24)21(26)18(13-23)20(17)25/h6,10,12-13,16,24-26H,4-5,7-9,11H2,1-3H3,(H,27,28)/t16-/m0/s1. The Morgan fingerprint density at radius 2 is 1.71 bits per heavy atom. The van der Waals surface area contributed by atoms with Crippen molar-refractivity contribution in [1.82, 2.24) is 0 Å². The number of carbonyl (C=O) groups excluding carboxylic acids is 1. The van der Waals surface area contributed by atoms with Crippen molar-refractivity contribution in [1.29, 1.82) is 0 Å². The first-order chi connectivity index (χ1) is 13.2. The van der Waals surface area contributed by atoms with Crippen LogP contribution in [0.5, 0.6) is 17.2 Å². The summed E-state index contributed by atoms with van der Waals surface area (Å²) in [7, 11) is 0. The Hall–Kier alpha value is -2.76. The lowest BCUT2D eigenvalue weighted by molar-refractivity contribution is -0.141. The van der Waals surface area contributed by atoms with Crippen LogP contribution in [0.4, 0.5) is 0 Å². The number of hydrogen-bond acceptors (Lipinski definition) is 5. The highest BCUT2D eigenvalue weighted by Crippen LogP contribution is 2.37. The fraction of sp³-hybridized carbons (Fsp3) is 0.455. The summed E-state index contributed by atoms with van der Waals surface area (Å²) in [5.74, 6) is -2.43. The minimum absolute atomic E-state index is 0.308. The van der Waals surface area contributed by atoms with Gasteiger partial charge in [-0.1, -0.05) is 30.2 Å². The van der Waals surface area contributed by atoms with Crippen molar-refractivity contribution in [3.63, 3.8) is 0 Å². The van der Waals surface area contributed by atoms with Gasteiger partial charge in [0.15, 0.2) is 17.8 Å². The molecule has 6 nitrogen and oxygen atoms in total. The van der Waals surface area contributed by atoms with E-state index in [1.807, 2.05) is 19.9 Å². The van der Waals surface area contributed by atoms with Crippen LogP contribution in [-0.2, 0) is 11.2 Å². The second-order valence-corrected chi connectivity index (χ2v) is 7.26. The molecule has 0 fully saturated rings. The maximum absolute atomic E-state index is 11.0. The molecule has 0 aliphatic heterocycles. The summed E-state index contributed by atoms with van der Waals surface area (Å²) in [5.41, 5.74) is 2.40. The topological polar surface area (TPSA) is 115 Å². The van der Waals surface area contributed by atoms with E-state index >= 15 is 0 Å². The summed E-state index contributed by atoms with van der Waals surface area (Å²) in [4.78, 5) is 21.8. The Kier molecular flexibility index (Phi) is 9.28. The lowest BCUT2D eigenvalue weighted by atomic mass is 10.00. The maximum Gasteiger partial charge on any atom is 0.306 e. The third kappa shape index (κ3) is 7.10. The van der Waals surface area contributed by atoms with E-state index in [0.29, 0.717) is 24.7 Å². The van der Waals surface area contributed by atoms with E-state index in [0.717, 1.165) is 31.3 Å². The lowest BCUT2D eigenvalue weighted by Crippen LogP contribution is -2.08. The van der Waals surface area contributed by atoms with Gasteiger partial charge in [-0.2, -0.15) is 0 Å². The normalized spacial score (nSPS) is 13.4. The molecule has 6 heteroatoms. The van der Waals surface area contributed by atoms with Crippen molar-refractivity contribution >= 4 is 12.3 Å². The van der Waals surface area contributed by atoms with Gasteiger partial charge in [0.2, 0.25) is 0 Å². The number of rotatable bonds is 11. The van der Waals surface area contributed by atoms with Gasteiger partial charge in [0, 0.05) is 5.56 Å². The third-order valence-corrected chi connectivity index (χ3v) is 4.82. The molecule has 0 saturated heterocycles. The average Bonchev–Trinajstić information content (AvgIpc) is 2.64. The zero-order valence-electron chi connectivity index (χ0n) is 16.7. The summed E-state index contributed by atoms with van der Waals surface area (Å²) in [6.07, 6.45) is 8.81. The Balaban J connectivity index is 2.55. The minimum Gasteiger partial charge on any atom is -0.507 e. The first kappa shape index (κ1) is 23.3. The lowest BCUT2D eigenvalue weighted by Gasteiger charge is -2.09. The van der Waals surface area contributed by atoms with Crippen LogP contribution in [0, 0.1) is 5.92 Å². The van der Waals surface area contributed by atoms with Crippen molar-refractivity contribution in [3.05, 3.63) is 40.5 Å². The first-order valence-corrected chi connectivity index (χ1v) is 9.43. The number of allylic oxidation sites excluding steroid dienone is 4. The van der Waals surface area contributed by atoms with Gasteiger partial charge >= 0.3 is 5.97 Å². The van der Waals surface area contributed by atoms with Crippen LogP contribution in [0.3, 0.4) is 0 Å². The van der Waals surface area contributed by atoms with Crippen molar-refractivity contribution < 1.29 is 30.0 Å². The summed E-state index contributed by atoms with van der Waals surface area (Å²) in [5, 5.41) is 38.1. The molecule has 28 heavy (non-hydrogen) atoms. The number of aliphatic carboxylic acids is 1. The van der Waals surface area contributed by atoms with Gasteiger partial charge in [-0.3, -0.25) is 9.59 Å². The highest BCUT2D eigenvalue weighted by molar-refractivity contribution is 5.86. The van der Waals surface area contributed by atoms with Crippen molar-refractivity contribution in [2.45, 2.75) is 59.3 Å². The monoisotopic (exact) mass is 390 g/mol. The van der Waals surface area contributed by atoms with Crippen LogP contribution >= 0.6 is 0 Å². The molecule has 0 radical (unpaired) electrons. The molecule has 0 unspecified atom stereocenters. The van der Waals surface area contributed by atoms with Crippen molar-refractivity contribution in [3.8, 4) is 17.2 Å². The number of benzene rings is 1. The van der Waals surface area contributed by atoms with Crippen LogP contribution < -0.4 is 0 Å². The van der Waals surface area contributed by atoms with Gasteiger partial charge in [0.25, 0.3) is 0 Å². The van der Waals surface area contributed by atoms with Crippen molar-refractivity contribution in [2.24, 2.45) is 5.92 Å². The molecule has 154 valence electrons. The Morgan fingerprint density at radius 3 is 2.32 bits per heavy atom. The van der Waals surface area contributed by atoms with E-state index in [4.69, 9.17) is 5.11 Å². The van der Waals surface area contributed by atoms with Gasteiger partial charge in [-0.25, -0.2) is 0 Å². The molecule has 1 aromatic rings. The van der Waals surface area contributed by atoms with E-state index in [1.54, 1.807) is 6.92 Å². The zero-order valence-corrected chi connectivity index (χ0v) is 16.7.